The highest BCUT2D eigenvalue weighted by Crippen LogP contribution is 2.27. The van der Waals surface area contributed by atoms with Crippen LogP contribution in [-0.2, 0) is 6.42 Å². The molecule has 0 saturated heterocycles. The van der Waals surface area contributed by atoms with Crippen LogP contribution < -0.4 is 0 Å². The van der Waals surface area contributed by atoms with Gasteiger partial charge in [-0.1, -0.05) is 69.3 Å². The van der Waals surface area contributed by atoms with E-state index in [0.717, 1.165) is 6.42 Å². The Kier molecular flexibility index (Phi) is 3.56. The van der Waals surface area contributed by atoms with Gasteiger partial charge in [-0.25, -0.2) is 0 Å². The molecule has 0 nitrogen and oxygen atoms in total. The molecule has 0 spiro atoms. The third kappa shape index (κ3) is 3.22. The third-order valence-electron chi connectivity index (χ3n) is 3.12. The van der Waals surface area contributed by atoms with Crippen molar-refractivity contribution in [1.29, 1.82) is 0 Å². The van der Waals surface area contributed by atoms with Crippen LogP contribution in [0.4, 0.5) is 0 Å². The molecule has 0 heterocycles. The van der Waals surface area contributed by atoms with Crippen molar-refractivity contribution < 1.29 is 0 Å². The SMILES string of the molecule is Cc1ccccc1-c1cccc(CC(C)(C)C)c1. The second-order valence-electron chi connectivity index (χ2n) is 6.25. The first-order valence-corrected chi connectivity index (χ1v) is 6.61. The van der Waals surface area contributed by atoms with Gasteiger partial charge in [-0.3, -0.25) is 0 Å². The molecule has 0 aromatic heterocycles. The first-order valence-electron chi connectivity index (χ1n) is 6.61. The average Bonchev–Trinajstić information content (AvgIpc) is 2.27. The minimum Gasteiger partial charge on any atom is -0.0620 e. The van der Waals surface area contributed by atoms with Crippen LogP contribution in [0, 0.1) is 12.3 Å². The van der Waals surface area contributed by atoms with Crippen LogP contribution in [0.2, 0.25) is 0 Å². The Morgan fingerprint density at radius 1 is 0.889 bits per heavy atom. The van der Waals surface area contributed by atoms with Crippen LogP contribution >= 0.6 is 0 Å². The highest BCUT2D eigenvalue weighted by Gasteiger charge is 2.11. The summed E-state index contributed by atoms with van der Waals surface area (Å²) in [6.45, 7) is 9.03. The lowest BCUT2D eigenvalue weighted by Gasteiger charge is -2.18. The Morgan fingerprint density at radius 3 is 2.28 bits per heavy atom. The van der Waals surface area contributed by atoms with Gasteiger partial charge in [0.15, 0.2) is 0 Å². The topological polar surface area (TPSA) is 0 Å². The van der Waals surface area contributed by atoms with Crippen molar-refractivity contribution in [1.82, 2.24) is 0 Å². The molecule has 0 aliphatic rings. The molecule has 0 aliphatic carbocycles. The van der Waals surface area contributed by atoms with E-state index < -0.39 is 0 Å². The predicted molar refractivity (Wildman–Crippen MR) is 79.8 cm³/mol. The molecule has 0 radical (unpaired) electrons. The van der Waals surface area contributed by atoms with Gasteiger partial charge in [0, 0.05) is 0 Å². The standard InChI is InChI=1S/C18H22/c1-14-8-5-6-11-17(14)16-10-7-9-15(12-16)13-18(2,3)4/h5-12H,13H2,1-4H3. The van der Waals surface area contributed by atoms with E-state index in [1.807, 2.05) is 0 Å². The zero-order valence-electron chi connectivity index (χ0n) is 11.8. The molecular formula is C18H22. The summed E-state index contributed by atoms with van der Waals surface area (Å²) in [4.78, 5) is 0. The minimum absolute atomic E-state index is 0.338. The van der Waals surface area contributed by atoms with Crippen LogP contribution in [0.5, 0.6) is 0 Å². The Balaban J connectivity index is 2.36. The molecule has 0 bridgehead atoms. The van der Waals surface area contributed by atoms with E-state index in [9.17, 15) is 0 Å². The van der Waals surface area contributed by atoms with E-state index in [4.69, 9.17) is 0 Å². The minimum atomic E-state index is 0.338. The van der Waals surface area contributed by atoms with Gasteiger partial charge in [0.05, 0.1) is 0 Å². The van der Waals surface area contributed by atoms with Gasteiger partial charge in [0.2, 0.25) is 0 Å². The lowest BCUT2D eigenvalue weighted by Crippen LogP contribution is -2.08. The van der Waals surface area contributed by atoms with Gasteiger partial charge < -0.3 is 0 Å². The van der Waals surface area contributed by atoms with Crippen molar-refractivity contribution in [3.05, 3.63) is 59.7 Å². The van der Waals surface area contributed by atoms with Crippen LogP contribution in [-0.4, -0.2) is 0 Å². The summed E-state index contributed by atoms with van der Waals surface area (Å²) in [6.07, 6.45) is 1.12. The largest absolute Gasteiger partial charge is 0.0620 e. The van der Waals surface area contributed by atoms with Gasteiger partial charge in [0.25, 0.3) is 0 Å². The van der Waals surface area contributed by atoms with Crippen LogP contribution in [0.3, 0.4) is 0 Å². The van der Waals surface area contributed by atoms with E-state index in [2.05, 4.69) is 76.2 Å². The lowest BCUT2D eigenvalue weighted by atomic mass is 9.87. The van der Waals surface area contributed by atoms with Gasteiger partial charge in [0.1, 0.15) is 0 Å². The fraction of sp³-hybridized carbons (Fsp3) is 0.333. The smallest absolute Gasteiger partial charge is 0.0155 e. The van der Waals surface area contributed by atoms with Gasteiger partial charge in [-0.15, -0.1) is 0 Å². The molecule has 0 heteroatoms. The van der Waals surface area contributed by atoms with E-state index in [1.54, 1.807) is 0 Å². The van der Waals surface area contributed by atoms with Crippen LogP contribution in [0.15, 0.2) is 48.5 Å². The van der Waals surface area contributed by atoms with Crippen molar-refractivity contribution in [2.75, 3.05) is 0 Å². The normalized spacial score (nSPS) is 11.6. The molecule has 2 aromatic rings. The zero-order chi connectivity index (χ0) is 13.2. The summed E-state index contributed by atoms with van der Waals surface area (Å²) < 4.78 is 0. The zero-order valence-corrected chi connectivity index (χ0v) is 11.8. The second kappa shape index (κ2) is 4.97. The lowest BCUT2D eigenvalue weighted by molar-refractivity contribution is 0.411. The number of hydrogen-bond donors (Lipinski definition) is 0. The molecule has 0 atom stereocenters. The Labute approximate surface area is 111 Å². The van der Waals surface area contributed by atoms with E-state index in [1.165, 1.54) is 22.3 Å². The molecule has 0 aliphatic heterocycles. The molecule has 0 fully saturated rings. The first kappa shape index (κ1) is 12.9. The third-order valence-corrected chi connectivity index (χ3v) is 3.12. The van der Waals surface area contributed by atoms with E-state index >= 15 is 0 Å². The molecule has 2 aromatic carbocycles. The van der Waals surface area contributed by atoms with Crippen molar-refractivity contribution in [2.45, 2.75) is 34.1 Å². The maximum absolute atomic E-state index is 2.33. The summed E-state index contributed by atoms with van der Waals surface area (Å²) in [6, 6.07) is 17.5. The van der Waals surface area contributed by atoms with E-state index in [0.29, 0.717) is 5.41 Å². The first-order chi connectivity index (χ1) is 8.46. The molecule has 94 valence electrons. The summed E-state index contributed by atoms with van der Waals surface area (Å²) in [5.41, 5.74) is 5.77. The highest BCUT2D eigenvalue weighted by molar-refractivity contribution is 5.67. The van der Waals surface area contributed by atoms with Crippen LogP contribution in [0.25, 0.3) is 11.1 Å². The number of hydrogen-bond acceptors (Lipinski definition) is 0. The van der Waals surface area contributed by atoms with Gasteiger partial charge in [-0.05, 0) is 41.0 Å². The van der Waals surface area contributed by atoms with Crippen molar-refractivity contribution in [3.63, 3.8) is 0 Å². The maximum Gasteiger partial charge on any atom is -0.0155 e. The molecule has 0 unspecified atom stereocenters. The summed E-state index contributed by atoms with van der Waals surface area (Å²) in [7, 11) is 0. The number of benzene rings is 2. The van der Waals surface area contributed by atoms with Crippen LogP contribution in [0.1, 0.15) is 31.9 Å². The van der Waals surface area contributed by atoms with Gasteiger partial charge in [-0.2, -0.15) is 0 Å². The molecule has 18 heavy (non-hydrogen) atoms. The molecular weight excluding hydrogens is 216 g/mol. The predicted octanol–water partition coefficient (Wildman–Crippen LogP) is 5.25. The fourth-order valence-electron chi connectivity index (χ4n) is 2.36. The monoisotopic (exact) mass is 238 g/mol. The average molecular weight is 238 g/mol. The summed E-state index contributed by atoms with van der Waals surface area (Å²) in [5.74, 6) is 0. The quantitative estimate of drug-likeness (QED) is 0.670. The second-order valence-corrected chi connectivity index (χ2v) is 6.25. The van der Waals surface area contributed by atoms with E-state index in [-0.39, 0.29) is 0 Å². The Morgan fingerprint density at radius 2 is 1.61 bits per heavy atom. The highest BCUT2D eigenvalue weighted by atomic mass is 14.2. The molecule has 2 rings (SSSR count). The van der Waals surface area contributed by atoms with Gasteiger partial charge >= 0.3 is 0 Å². The molecule has 0 N–H and O–H groups in total. The van der Waals surface area contributed by atoms with Crippen molar-refractivity contribution in [3.8, 4) is 11.1 Å². The fourth-order valence-corrected chi connectivity index (χ4v) is 2.36. The summed E-state index contributed by atoms with van der Waals surface area (Å²) >= 11 is 0. The van der Waals surface area contributed by atoms with Crippen molar-refractivity contribution >= 4 is 0 Å². The Bertz CT molecular complexity index is 530. The molecule has 0 saturated carbocycles. The number of aryl methyl sites for hydroxylation is 1. The Hall–Kier alpha value is -1.56. The number of rotatable bonds is 2. The molecule has 0 amide bonds. The maximum atomic E-state index is 2.33. The summed E-state index contributed by atoms with van der Waals surface area (Å²) in [5, 5.41) is 0. The van der Waals surface area contributed by atoms with Crippen molar-refractivity contribution in [2.24, 2.45) is 5.41 Å².